The predicted octanol–water partition coefficient (Wildman–Crippen LogP) is -1.21. The Balaban J connectivity index is 2.24. The molecule has 3 N–H and O–H groups in total. The van der Waals surface area contributed by atoms with Gasteiger partial charge >= 0.3 is 0 Å². The van der Waals surface area contributed by atoms with Gasteiger partial charge in [0, 0.05) is 13.2 Å². The van der Waals surface area contributed by atoms with E-state index in [2.05, 4.69) is 0 Å². The second kappa shape index (κ2) is 3.69. The second-order valence-electron chi connectivity index (χ2n) is 3.04. The van der Waals surface area contributed by atoms with Crippen molar-refractivity contribution in [2.24, 2.45) is 11.7 Å². The van der Waals surface area contributed by atoms with Crippen LogP contribution in [0, 0.1) is 5.92 Å². The fourth-order valence-corrected chi connectivity index (χ4v) is 1.43. The predicted molar refractivity (Wildman–Crippen MR) is 40.8 cm³/mol. The Hall–Kier alpha value is -0.610. The Kier molecular flexibility index (Phi) is 2.84. The minimum absolute atomic E-state index is 0.218. The molecule has 0 unspecified atom stereocenters. The van der Waals surface area contributed by atoms with Gasteiger partial charge in [0.25, 0.3) is 0 Å². The normalized spacial score (nSPS) is 25.7. The van der Waals surface area contributed by atoms with Crippen LogP contribution in [-0.2, 0) is 4.79 Å². The lowest BCUT2D eigenvalue weighted by Gasteiger charge is -2.11. The van der Waals surface area contributed by atoms with Gasteiger partial charge in [-0.05, 0) is 18.9 Å². The highest BCUT2D eigenvalue weighted by Crippen LogP contribution is 2.14. The summed E-state index contributed by atoms with van der Waals surface area (Å²) in [7, 11) is 0. The summed E-state index contributed by atoms with van der Waals surface area (Å²) in [6, 6.07) is 0. The van der Waals surface area contributed by atoms with Gasteiger partial charge in [-0.1, -0.05) is 0 Å². The molecule has 11 heavy (non-hydrogen) atoms. The van der Waals surface area contributed by atoms with Crippen molar-refractivity contribution in [3.05, 3.63) is 0 Å². The smallest absolute Gasteiger partial charge is 0.231 e. The summed E-state index contributed by atoms with van der Waals surface area (Å²) in [6.45, 7) is 2.24. The van der Waals surface area contributed by atoms with Gasteiger partial charge in [-0.2, -0.15) is 0 Å². The number of hydrogen-bond acceptors (Lipinski definition) is 3. The number of amides is 1. The number of carbonyl (C=O) groups excluding carboxylic acids is 1. The van der Waals surface area contributed by atoms with E-state index in [1.165, 1.54) is 0 Å². The number of hydrogen-bond donors (Lipinski definition) is 2. The van der Waals surface area contributed by atoms with Crippen molar-refractivity contribution in [2.45, 2.75) is 6.42 Å². The molecule has 0 saturated carbocycles. The molecular formula is C7H14N2O2. The van der Waals surface area contributed by atoms with Crippen molar-refractivity contribution in [3.8, 4) is 0 Å². The van der Waals surface area contributed by atoms with Crippen LogP contribution in [0.1, 0.15) is 6.42 Å². The number of likely N-dealkylation sites (tertiary alicyclic amines) is 1. The van der Waals surface area contributed by atoms with Crippen LogP contribution in [0.4, 0.5) is 0 Å². The minimum Gasteiger partial charge on any atom is -0.396 e. The van der Waals surface area contributed by atoms with E-state index in [0.29, 0.717) is 12.5 Å². The van der Waals surface area contributed by atoms with E-state index < -0.39 is 0 Å². The molecule has 0 radical (unpaired) electrons. The van der Waals surface area contributed by atoms with Crippen molar-refractivity contribution >= 4 is 5.91 Å². The van der Waals surface area contributed by atoms with Gasteiger partial charge in [-0.25, -0.2) is 0 Å². The molecule has 0 spiro atoms. The van der Waals surface area contributed by atoms with Crippen LogP contribution in [0.3, 0.4) is 0 Å². The lowest BCUT2D eigenvalue weighted by Crippen LogP contribution is -2.32. The first-order valence-electron chi connectivity index (χ1n) is 3.84. The van der Waals surface area contributed by atoms with Crippen molar-refractivity contribution < 1.29 is 9.90 Å². The minimum atomic E-state index is -0.288. The molecule has 1 saturated heterocycles. The first-order chi connectivity index (χ1) is 5.22. The van der Waals surface area contributed by atoms with E-state index >= 15 is 0 Å². The summed E-state index contributed by atoms with van der Waals surface area (Å²) in [5.41, 5.74) is 5.02. The Morgan fingerprint density at radius 1 is 1.73 bits per heavy atom. The zero-order chi connectivity index (χ0) is 8.27. The highest BCUT2D eigenvalue weighted by atomic mass is 16.3. The summed E-state index contributed by atoms with van der Waals surface area (Å²) in [5.74, 6) is 0.0536. The lowest BCUT2D eigenvalue weighted by atomic mass is 10.1. The molecule has 1 heterocycles. The maximum atomic E-state index is 10.5. The van der Waals surface area contributed by atoms with Gasteiger partial charge in [0.15, 0.2) is 0 Å². The fourth-order valence-electron chi connectivity index (χ4n) is 1.43. The third kappa shape index (κ3) is 2.48. The van der Waals surface area contributed by atoms with E-state index in [1.54, 1.807) is 0 Å². The molecule has 4 nitrogen and oxygen atoms in total. The first-order valence-corrected chi connectivity index (χ1v) is 3.84. The van der Waals surface area contributed by atoms with Gasteiger partial charge in [-0.15, -0.1) is 0 Å². The second-order valence-corrected chi connectivity index (χ2v) is 3.04. The largest absolute Gasteiger partial charge is 0.396 e. The molecule has 1 fully saturated rings. The van der Waals surface area contributed by atoms with Gasteiger partial charge in [0.05, 0.1) is 6.54 Å². The molecule has 0 aromatic heterocycles. The van der Waals surface area contributed by atoms with E-state index in [9.17, 15) is 4.79 Å². The zero-order valence-electron chi connectivity index (χ0n) is 6.49. The highest BCUT2D eigenvalue weighted by molar-refractivity contribution is 5.75. The average Bonchev–Trinajstić information content (AvgIpc) is 2.34. The van der Waals surface area contributed by atoms with E-state index in [0.717, 1.165) is 19.5 Å². The number of carbonyl (C=O) groups is 1. The van der Waals surface area contributed by atoms with Crippen LogP contribution in [0.2, 0.25) is 0 Å². The molecule has 0 aliphatic carbocycles. The molecule has 1 atom stereocenters. The zero-order valence-corrected chi connectivity index (χ0v) is 6.49. The molecule has 0 aromatic rings. The molecule has 0 bridgehead atoms. The van der Waals surface area contributed by atoms with Crippen LogP contribution in [0.25, 0.3) is 0 Å². The Labute approximate surface area is 66.0 Å². The average molecular weight is 158 g/mol. The third-order valence-electron chi connectivity index (χ3n) is 2.01. The Morgan fingerprint density at radius 2 is 2.45 bits per heavy atom. The van der Waals surface area contributed by atoms with E-state index in [-0.39, 0.29) is 12.5 Å². The van der Waals surface area contributed by atoms with Crippen LogP contribution in [-0.4, -0.2) is 42.2 Å². The number of nitrogens with zero attached hydrogens (tertiary/aromatic N) is 1. The molecule has 64 valence electrons. The van der Waals surface area contributed by atoms with E-state index in [1.807, 2.05) is 4.90 Å². The number of nitrogens with two attached hydrogens (primary N) is 1. The van der Waals surface area contributed by atoms with Crippen molar-refractivity contribution in [1.29, 1.82) is 0 Å². The van der Waals surface area contributed by atoms with Crippen molar-refractivity contribution in [2.75, 3.05) is 26.2 Å². The number of aliphatic hydroxyl groups excluding tert-OH is 1. The molecular weight excluding hydrogens is 144 g/mol. The number of rotatable bonds is 3. The SMILES string of the molecule is NC(=O)CN1CC[C@H](CO)C1. The summed E-state index contributed by atoms with van der Waals surface area (Å²) in [4.78, 5) is 12.4. The summed E-state index contributed by atoms with van der Waals surface area (Å²) >= 11 is 0. The van der Waals surface area contributed by atoms with E-state index in [4.69, 9.17) is 10.8 Å². The number of primary amides is 1. The van der Waals surface area contributed by atoms with Crippen LogP contribution in [0.5, 0.6) is 0 Å². The topological polar surface area (TPSA) is 66.6 Å². The maximum absolute atomic E-state index is 10.5. The molecule has 1 aliphatic heterocycles. The first kappa shape index (κ1) is 8.49. The van der Waals surface area contributed by atoms with Crippen LogP contribution < -0.4 is 5.73 Å². The molecule has 1 aliphatic rings. The van der Waals surface area contributed by atoms with Crippen LogP contribution in [0.15, 0.2) is 0 Å². The Morgan fingerprint density at radius 3 is 2.91 bits per heavy atom. The standard InChI is InChI=1S/C7H14N2O2/c8-7(11)4-9-2-1-6(3-9)5-10/h6,10H,1-5H2,(H2,8,11)/t6-/m0/s1. The number of aliphatic hydroxyl groups is 1. The Bertz CT molecular complexity index is 149. The lowest BCUT2D eigenvalue weighted by molar-refractivity contribution is -0.118. The summed E-state index contributed by atoms with van der Waals surface area (Å²) in [6.07, 6.45) is 0.976. The molecule has 1 rings (SSSR count). The van der Waals surface area contributed by atoms with Crippen LogP contribution >= 0.6 is 0 Å². The highest BCUT2D eigenvalue weighted by Gasteiger charge is 2.22. The van der Waals surface area contributed by atoms with Crippen molar-refractivity contribution in [1.82, 2.24) is 4.90 Å². The quantitative estimate of drug-likeness (QED) is 0.541. The van der Waals surface area contributed by atoms with Gasteiger partial charge in [-0.3, -0.25) is 9.69 Å². The monoisotopic (exact) mass is 158 g/mol. The molecule has 1 amide bonds. The summed E-state index contributed by atoms with van der Waals surface area (Å²) in [5, 5.41) is 8.78. The third-order valence-corrected chi connectivity index (χ3v) is 2.01. The fraction of sp³-hybridized carbons (Fsp3) is 0.857. The molecule has 0 aromatic carbocycles. The molecule has 4 heteroatoms. The van der Waals surface area contributed by atoms with Gasteiger partial charge in [0.2, 0.25) is 5.91 Å². The maximum Gasteiger partial charge on any atom is 0.231 e. The van der Waals surface area contributed by atoms with Gasteiger partial charge < -0.3 is 10.8 Å². The summed E-state index contributed by atoms with van der Waals surface area (Å²) < 4.78 is 0. The van der Waals surface area contributed by atoms with Gasteiger partial charge in [0.1, 0.15) is 0 Å². The van der Waals surface area contributed by atoms with Crippen molar-refractivity contribution in [3.63, 3.8) is 0 Å².